The van der Waals surface area contributed by atoms with E-state index in [-0.39, 0.29) is 5.88 Å². The number of ether oxygens (including phenoxy) is 1. The zero-order chi connectivity index (χ0) is 12.8. The summed E-state index contributed by atoms with van der Waals surface area (Å²) >= 11 is 0. The third kappa shape index (κ3) is 2.56. The summed E-state index contributed by atoms with van der Waals surface area (Å²) in [6.45, 7) is 0.373. The summed E-state index contributed by atoms with van der Waals surface area (Å²) < 4.78 is 5.10. The second-order valence-corrected chi connectivity index (χ2v) is 3.63. The van der Waals surface area contributed by atoms with E-state index in [1.807, 2.05) is 30.3 Å². The van der Waals surface area contributed by atoms with E-state index in [1.54, 1.807) is 18.1 Å². The number of carbonyl (C=O) groups excluding carboxylic acids is 2. The average Bonchev–Trinajstić information content (AvgIpc) is 2.62. The van der Waals surface area contributed by atoms with Crippen molar-refractivity contribution in [2.45, 2.75) is 6.54 Å². The van der Waals surface area contributed by atoms with Crippen LogP contribution in [0, 0.1) is 0 Å². The van der Waals surface area contributed by atoms with E-state index in [9.17, 15) is 9.59 Å². The van der Waals surface area contributed by atoms with Crippen LogP contribution in [-0.2, 0) is 20.9 Å². The molecule has 18 heavy (non-hydrogen) atoms. The van der Waals surface area contributed by atoms with Crippen molar-refractivity contribution in [1.29, 1.82) is 0 Å². The number of nitrogens with zero attached hydrogens (tertiary/aromatic N) is 1. The molecule has 4 nitrogen and oxygen atoms in total. The first-order valence-corrected chi connectivity index (χ1v) is 5.40. The lowest BCUT2D eigenvalue weighted by molar-refractivity contribution is -0.106. The van der Waals surface area contributed by atoms with Crippen molar-refractivity contribution in [2.24, 2.45) is 0 Å². The van der Waals surface area contributed by atoms with Gasteiger partial charge in [0.1, 0.15) is 0 Å². The van der Waals surface area contributed by atoms with Gasteiger partial charge in [-0.1, -0.05) is 30.3 Å². The molecule has 0 spiro atoms. The van der Waals surface area contributed by atoms with Crippen LogP contribution in [0.25, 0.3) is 0 Å². The van der Waals surface area contributed by atoms with Gasteiger partial charge in [0.25, 0.3) is 5.88 Å². The summed E-state index contributed by atoms with van der Waals surface area (Å²) in [5.74, 6) is 1.68. The third-order valence-corrected chi connectivity index (χ3v) is 2.47. The Balaban J connectivity index is 2.32. The lowest BCUT2D eigenvalue weighted by atomic mass is 10.2. The van der Waals surface area contributed by atoms with Crippen LogP contribution < -0.4 is 0 Å². The van der Waals surface area contributed by atoms with E-state index < -0.39 is 0 Å². The highest BCUT2D eigenvalue weighted by atomic mass is 16.5. The van der Waals surface area contributed by atoms with Crippen molar-refractivity contribution in [1.82, 2.24) is 4.90 Å². The number of hydrogen-bond donors (Lipinski definition) is 0. The molecule has 1 aromatic carbocycles. The lowest BCUT2D eigenvalue weighted by Gasteiger charge is -2.22. The Labute approximate surface area is 104 Å². The Morgan fingerprint density at radius 1 is 1.28 bits per heavy atom. The summed E-state index contributed by atoms with van der Waals surface area (Å²) in [5, 5.41) is 0. The van der Waals surface area contributed by atoms with Gasteiger partial charge in [-0.3, -0.25) is 9.69 Å². The minimum absolute atomic E-state index is 0.0223. The van der Waals surface area contributed by atoms with Gasteiger partial charge in [0.15, 0.2) is 12.2 Å². The van der Waals surface area contributed by atoms with Crippen molar-refractivity contribution in [3.8, 4) is 0 Å². The van der Waals surface area contributed by atoms with Crippen molar-refractivity contribution in [2.75, 3.05) is 0 Å². The van der Waals surface area contributed by atoms with Gasteiger partial charge < -0.3 is 4.74 Å². The molecule has 0 amide bonds. The second kappa shape index (κ2) is 5.66. The molecule has 0 fully saturated rings. The monoisotopic (exact) mass is 241 g/mol. The van der Waals surface area contributed by atoms with E-state index >= 15 is 0 Å². The fraction of sp³-hybridized carbons (Fsp3) is 0.0714. The Morgan fingerprint density at radius 3 is 2.72 bits per heavy atom. The minimum atomic E-state index is -0.0223. The maximum atomic E-state index is 11.0. The zero-order valence-corrected chi connectivity index (χ0v) is 9.58. The molecule has 90 valence electrons. The first-order chi connectivity index (χ1) is 8.85. The molecule has 4 heteroatoms. The topological polar surface area (TPSA) is 46.6 Å². The number of aldehydes is 1. The number of allylic oxidation sites excluding steroid dienone is 3. The molecule has 1 aromatic rings. The molecule has 2 rings (SSSR count). The Bertz CT molecular complexity index is 539. The van der Waals surface area contributed by atoms with E-state index in [0.29, 0.717) is 18.5 Å². The van der Waals surface area contributed by atoms with Gasteiger partial charge in [0, 0.05) is 0 Å². The maximum absolute atomic E-state index is 11.0. The first-order valence-electron chi connectivity index (χ1n) is 5.40. The summed E-state index contributed by atoms with van der Waals surface area (Å²) in [5.41, 5.74) is 1.31. The van der Waals surface area contributed by atoms with Crippen LogP contribution in [0.2, 0.25) is 0 Å². The van der Waals surface area contributed by atoms with E-state index in [4.69, 9.17) is 4.74 Å². The largest absolute Gasteiger partial charge is 0.440 e. The van der Waals surface area contributed by atoms with Crippen molar-refractivity contribution in [3.63, 3.8) is 0 Å². The zero-order valence-electron chi connectivity index (χ0n) is 9.58. The van der Waals surface area contributed by atoms with Crippen LogP contribution in [0.1, 0.15) is 5.56 Å². The summed E-state index contributed by atoms with van der Waals surface area (Å²) in [6.07, 6.45) is 5.17. The van der Waals surface area contributed by atoms with Crippen molar-refractivity contribution < 1.29 is 14.3 Å². The normalized spacial score (nSPS) is 14.3. The molecular weight excluding hydrogens is 230 g/mol. The number of rotatable bonds is 3. The van der Waals surface area contributed by atoms with Crippen molar-refractivity contribution in [3.05, 3.63) is 65.9 Å². The SMILES string of the molecule is O=C=C1OC=CC=C(C=O)N1Cc1ccccc1. The minimum Gasteiger partial charge on any atom is -0.440 e. The number of carbonyl (C=O) groups is 1. The van der Waals surface area contributed by atoms with Crippen LogP contribution in [0.15, 0.2) is 60.3 Å². The van der Waals surface area contributed by atoms with Gasteiger partial charge in [-0.05, 0) is 17.7 Å². The third-order valence-electron chi connectivity index (χ3n) is 2.47. The van der Waals surface area contributed by atoms with Gasteiger partial charge in [-0.15, -0.1) is 0 Å². The predicted octanol–water partition coefficient (Wildman–Crippen LogP) is 1.79. The van der Waals surface area contributed by atoms with Crippen LogP contribution in [0.4, 0.5) is 0 Å². The number of benzene rings is 1. The van der Waals surface area contributed by atoms with Crippen LogP contribution in [0.5, 0.6) is 0 Å². The van der Waals surface area contributed by atoms with Crippen LogP contribution in [0.3, 0.4) is 0 Å². The average molecular weight is 241 g/mol. The van der Waals surface area contributed by atoms with E-state index in [1.165, 1.54) is 11.2 Å². The van der Waals surface area contributed by atoms with Gasteiger partial charge in [-0.2, -0.15) is 0 Å². The molecule has 0 radical (unpaired) electrons. The van der Waals surface area contributed by atoms with Gasteiger partial charge >= 0.3 is 0 Å². The molecular formula is C14H11NO3. The Morgan fingerprint density at radius 2 is 2.06 bits per heavy atom. The van der Waals surface area contributed by atoms with Gasteiger partial charge in [-0.25, -0.2) is 4.79 Å². The molecule has 1 aliphatic rings. The lowest BCUT2D eigenvalue weighted by Crippen LogP contribution is -2.23. The fourth-order valence-electron chi connectivity index (χ4n) is 1.62. The number of hydrogen-bond acceptors (Lipinski definition) is 4. The molecule has 0 aliphatic carbocycles. The van der Waals surface area contributed by atoms with E-state index in [2.05, 4.69) is 0 Å². The molecule has 0 aromatic heterocycles. The molecule has 0 bridgehead atoms. The second-order valence-electron chi connectivity index (χ2n) is 3.63. The van der Waals surface area contributed by atoms with Crippen molar-refractivity contribution >= 4 is 12.2 Å². The summed E-state index contributed by atoms with van der Waals surface area (Å²) in [4.78, 5) is 23.4. The van der Waals surface area contributed by atoms with Gasteiger partial charge in [0.2, 0.25) is 0 Å². The summed E-state index contributed by atoms with van der Waals surface area (Å²) in [7, 11) is 0. The highest BCUT2D eigenvalue weighted by molar-refractivity contribution is 5.74. The molecule has 1 heterocycles. The van der Waals surface area contributed by atoms with E-state index in [0.717, 1.165) is 5.56 Å². The molecule has 0 atom stereocenters. The predicted molar refractivity (Wildman–Crippen MR) is 65.6 cm³/mol. The van der Waals surface area contributed by atoms with Gasteiger partial charge in [0.05, 0.1) is 18.5 Å². The summed E-state index contributed by atoms with van der Waals surface area (Å²) in [6, 6.07) is 9.49. The van der Waals surface area contributed by atoms with Crippen LogP contribution in [-0.4, -0.2) is 17.1 Å². The molecule has 0 N–H and O–H groups in total. The Kier molecular flexibility index (Phi) is 3.74. The standard InChI is InChI=1S/C14H11NO3/c16-10-13-7-4-8-18-14(11-17)15(13)9-12-5-2-1-3-6-12/h1-8,10H,9H2. The molecule has 0 unspecified atom stereocenters. The molecule has 1 aliphatic heterocycles. The fourth-order valence-corrected chi connectivity index (χ4v) is 1.62. The molecule has 0 saturated carbocycles. The quantitative estimate of drug-likeness (QED) is 0.598. The highest BCUT2D eigenvalue weighted by Crippen LogP contribution is 2.18. The highest BCUT2D eigenvalue weighted by Gasteiger charge is 2.18. The first kappa shape index (κ1) is 11.9. The molecule has 0 saturated heterocycles. The van der Waals surface area contributed by atoms with Crippen LogP contribution >= 0.6 is 0 Å². The smallest absolute Gasteiger partial charge is 0.287 e. The maximum Gasteiger partial charge on any atom is 0.287 e. The Hall–Kier alpha value is -2.58.